The Kier molecular flexibility index (Phi) is 3.26. The molecule has 0 aromatic heterocycles. The van der Waals surface area contributed by atoms with Crippen LogP contribution in [0.5, 0.6) is 11.5 Å². The number of alkyl halides is 2. The molecule has 0 bridgehead atoms. The number of hydrogen-bond acceptors (Lipinski definition) is 3. The van der Waals surface area contributed by atoms with Gasteiger partial charge in [-0.3, -0.25) is 4.79 Å². The van der Waals surface area contributed by atoms with Crippen LogP contribution in [0.1, 0.15) is 13.3 Å². The van der Waals surface area contributed by atoms with Crippen LogP contribution < -0.4 is 14.8 Å². The third kappa shape index (κ3) is 2.31. The van der Waals surface area contributed by atoms with Crippen molar-refractivity contribution in [1.29, 1.82) is 0 Å². The number of carbonyl (C=O) groups excluding carboxylic acids is 1. The average molecular weight is 316 g/mol. The minimum absolute atomic E-state index is 0.148. The number of para-hydroxylation sites is 2. The van der Waals surface area contributed by atoms with Crippen molar-refractivity contribution in [2.75, 3.05) is 13.2 Å². The summed E-state index contributed by atoms with van der Waals surface area (Å²) in [4.78, 5) is 12.1. The Bertz CT molecular complexity index is 549. The molecule has 4 nitrogen and oxygen atoms in total. The van der Waals surface area contributed by atoms with Gasteiger partial charge in [0.2, 0.25) is 5.91 Å². The van der Waals surface area contributed by atoms with Crippen LogP contribution in [0, 0.1) is 5.41 Å². The number of amides is 1. The molecule has 20 heavy (non-hydrogen) atoms. The SMILES string of the molecule is C[C@]1(C(=O)NC[C@H]2COc3ccccc3O2)CC1(Cl)Cl. The number of fused-ring (bicyclic) bond motifs is 1. The molecule has 1 heterocycles. The van der Waals surface area contributed by atoms with Gasteiger partial charge in [0.15, 0.2) is 11.5 Å². The highest BCUT2D eigenvalue weighted by Crippen LogP contribution is 2.63. The van der Waals surface area contributed by atoms with Crippen LogP contribution in [0.4, 0.5) is 0 Å². The zero-order valence-corrected chi connectivity index (χ0v) is 12.5. The molecule has 1 aromatic carbocycles. The lowest BCUT2D eigenvalue weighted by Crippen LogP contribution is -2.43. The van der Waals surface area contributed by atoms with Gasteiger partial charge in [-0.15, -0.1) is 23.2 Å². The van der Waals surface area contributed by atoms with Crippen molar-refractivity contribution in [2.24, 2.45) is 5.41 Å². The molecule has 1 fully saturated rings. The standard InChI is InChI=1S/C14H15Cl2NO3/c1-13(8-14(13,15)16)12(18)17-6-9-7-19-10-4-2-3-5-11(10)20-9/h2-5,9H,6-8H2,1H3,(H,17,18)/t9-,13+/m0/s1. The number of rotatable bonds is 3. The van der Waals surface area contributed by atoms with Gasteiger partial charge in [-0.1, -0.05) is 12.1 Å². The van der Waals surface area contributed by atoms with Crippen molar-refractivity contribution in [2.45, 2.75) is 23.8 Å². The van der Waals surface area contributed by atoms with Gasteiger partial charge in [0.25, 0.3) is 0 Å². The highest BCUT2D eigenvalue weighted by Gasteiger charge is 2.67. The van der Waals surface area contributed by atoms with Gasteiger partial charge in [-0.2, -0.15) is 0 Å². The Labute approximate surface area is 127 Å². The summed E-state index contributed by atoms with van der Waals surface area (Å²) in [6.07, 6.45) is 0.260. The predicted molar refractivity (Wildman–Crippen MR) is 76.5 cm³/mol. The van der Waals surface area contributed by atoms with Crippen molar-refractivity contribution in [1.82, 2.24) is 5.32 Å². The maximum atomic E-state index is 12.1. The average Bonchev–Trinajstić information content (AvgIpc) is 2.96. The van der Waals surface area contributed by atoms with Gasteiger partial charge < -0.3 is 14.8 Å². The zero-order valence-electron chi connectivity index (χ0n) is 11.0. The highest BCUT2D eigenvalue weighted by molar-refractivity contribution is 6.53. The molecule has 0 unspecified atom stereocenters. The molecule has 1 aliphatic heterocycles. The maximum Gasteiger partial charge on any atom is 0.229 e. The summed E-state index contributed by atoms with van der Waals surface area (Å²) in [5, 5.41) is 2.83. The normalized spacial score (nSPS) is 29.6. The number of hydrogen-bond donors (Lipinski definition) is 1. The van der Waals surface area contributed by atoms with Crippen molar-refractivity contribution in [3.63, 3.8) is 0 Å². The third-order valence-electron chi connectivity index (χ3n) is 3.82. The van der Waals surface area contributed by atoms with Crippen LogP contribution >= 0.6 is 23.2 Å². The molecule has 3 rings (SSSR count). The van der Waals surface area contributed by atoms with Crippen molar-refractivity contribution >= 4 is 29.1 Å². The second-order valence-electron chi connectivity index (χ2n) is 5.42. The fourth-order valence-electron chi connectivity index (χ4n) is 2.21. The van der Waals surface area contributed by atoms with Crippen LogP contribution in [0.2, 0.25) is 0 Å². The van der Waals surface area contributed by atoms with Gasteiger partial charge in [-0.25, -0.2) is 0 Å². The topological polar surface area (TPSA) is 47.6 Å². The van der Waals surface area contributed by atoms with Crippen molar-refractivity contribution in [3.05, 3.63) is 24.3 Å². The fourth-order valence-corrected chi connectivity index (χ4v) is 2.92. The van der Waals surface area contributed by atoms with E-state index in [1.54, 1.807) is 6.92 Å². The van der Waals surface area contributed by atoms with Crippen LogP contribution in [-0.2, 0) is 4.79 Å². The number of carbonyl (C=O) groups is 1. The minimum Gasteiger partial charge on any atom is -0.486 e. The summed E-state index contributed by atoms with van der Waals surface area (Å²) in [5.41, 5.74) is -0.705. The van der Waals surface area contributed by atoms with Gasteiger partial charge in [-0.05, 0) is 25.5 Å². The van der Waals surface area contributed by atoms with E-state index < -0.39 is 9.75 Å². The van der Waals surface area contributed by atoms with E-state index in [0.717, 1.165) is 5.75 Å². The van der Waals surface area contributed by atoms with Crippen LogP contribution in [0.3, 0.4) is 0 Å². The molecule has 0 spiro atoms. The second kappa shape index (κ2) is 4.71. The molecule has 2 aliphatic rings. The molecule has 1 saturated carbocycles. The first-order valence-corrected chi connectivity index (χ1v) is 7.23. The van der Waals surface area contributed by atoms with E-state index >= 15 is 0 Å². The molecule has 108 valence electrons. The zero-order chi connectivity index (χ0) is 14.4. The summed E-state index contributed by atoms with van der Waals surface area (Å²) in [5.74, 6) is 1.27. The Morgan fingerprint density at radius 2 is 2.05 bits per heavy atom. The monoisotopic (exact) mass is 315 g/mol. The molecular weight excluding hydrogens is 301 g/mol. The van der Waals surface area contributed by atoms with E-state index in [2.05, 4.69) is 5.32 Å². The van der Waals surface area contributed by atoms with Gasteiger partial charge in [0.05, 0.1) is 12.0 Å². The summed E-state index contributed by atoms with van der Waals surface area (Å²) in [6.45, 7) is 2.53. The highest BCUT2D eigenvalue weighted by atomic mass is 35.5. The molecule has 1 aromatic rings. The maximum absolute atomic E-state index is 12.1. The molecule has 0 radical (unpaired) electrons. The van der Waals surface area contributed by atoms with Gasteiger partial charge >= 0.3 is 0 Å². The molecule has 1 amide bonds. The van der Waals surface area contributed by atoms with Crippen molar-refractivity contribution < 1.29 is 14.3 Å². The first-order valence-electron chi connectivity index (χ1n) is 6.47. The first kappa shape index (κ1) is 13.8. The van der Waals surface area contributed by atoms with E-state index in [9.17, 15) is 4.79 Å². The lowest BCUT2D eigenvalue weighted by molar-refractivity contribution is -0.126. The molecule has 1 aliphatic carbocycles. The summed E-state index contributed by atoms with van der Waals surface area (Å²) in [6, 6.07) is 7.46. The lowest BCUT2D eigenvalue weighted by Gasteiger charge is -2.27. The van der Waals surface area contributed by atoms with E-state index in [1.807, 2.05) is 24.3 Å². The van der Waals surface area contributed by atoms with E-state index in [4.69, 9.17) is 32.7 Å². The number of benzene rings is 1. The molecule has 1 N–H and O–H groups in total. The first-order chi connectivity index (χ1) is 9.42. The predicted octanol–water partition coefficient (Wildman–Crippen LogP) is 2.53. The minimum atomic E-state index is -0.951. The van der Waals surface area contributed by atoms with Crippen molar-refractivity contribution in [3.8, 4) is 11.5 Å². The molecular formula is C14H15Cl2NO3. The van der Waals surface area contributed by atoms with E-state index in [-0.39, 0.29) is 12.0 Å². The Hall–Kier alpha value is -1.13. The fraction of sp³-hybridized carbons (Fsp3) is 0.500. The number of halogens is 2. The second-order valence-corrected chi connectivity index (χ2v) is 6.90. The lowest BCUT2D eigenvalue weighted by atomic mass is 10.1. The van der Waals surface area contributed by atoms with Crippen LogP contribution in [0.25, 0.3) is 0 Å². The van der Waals surface area contributed by atoms with Gasteiger partial charge in [0.1, 0.15) is 17.0 Å². The number of nitrogens with one attached hydrogen (secondary N) is 1. The number of ether oxygens (including phenoxy) is 2. The molecule has 0 saturated heterocycles. The van der Waals surface area contributed by atoms with Gasteiger partial charge in [0, 0.05) is 0 Å². The summed E-state index contributed by atoms with van der Waals surface area (Å²) < 4.78 is 10.4. The summed E-state index contributed by atoms with van der Waals surface area (Å²) in [7, 11) is 0. The van der Waals surface area contributed by atoms with Crippen LogP contribution in [0.15, 0.2) is 24.3 Å². The third-order valence-corrected chi connectivity index (χ3v) is 4.92. The Balaban J connectivity index is 1.55. The molecule has 2 atom stereocenters. The summed E-state index contributed by atoms with van der Waals surface area (Å²) >= 11 is 12.0. The Morgan fingerprint density at radius 3 is 2.70 bits per heavy atom. The quantitative estimate of drug-likeness (QED) is 0.872. The Morgan fingerprint density at radius 1 is 1.40 bits per heavy atom. The largest absolute Gasteiger partial charge is 0.486 e. The van der Waals surface area contributed by atoms with E-state index in [0.29, 0.717) is 25.3 Å². The van der Waals surface area contributed by atoms with E-state index in [1.165, 1.54) is 0 Å². The molecule has 6 heteroatoms. The van der Waals surface area contributed by atoms with Crippen LogP contribution in [-0.4, -0.2) is 29.5 Å². The smallest absolute Gasteiger partial charge is 0.229 e.